The van der Waals surface area contributed by atoms with Gasteiger partial charge in [-0.3, -0.25) is 9.58 Å². The molecule has 2 fully saturated rings. The van der Waals surface area contributed by atoms with Gasteiger partial charge in [-0.15, -0.1) is 0 Å². The molecule has 0 bridgehead atoms. The van der Waals surface area contributed by atoms with Crippen molar-refractivity contribution in [2.45, 2.75) is 19.1 Å². The van der Waals surface area contributed by atoms with Crippen LogP contribution < -0.4 is 0 Å². The SMILES string of the molecule is c1ncn(CCN2CCN(CCC3COCCO3)CC2)n1. The fraction of sp³-hybridized carbons (Fsp3) is 0.857. The summed E-state index contributed by atoms with van der Waals surface area (Å²) in [5, 5.41) is 4.14. The first-order chi connectivity index (χ1) is 10.4. The number of rotatable bonds is 6. The van der Waals surface area contributed by atoms with Crippen LogP contribution in [0.1, 0.15) is 6.42 Å². The van der Waals surface area contributed by atoms with E-state index < -0.39 is 0 Å². The van der Waals surface area contributed by atoms with E-state index >= 15 is 0 Å². The molecule has 2 aliphatic heterocycles. The Hall–Kier alpha value is -1.02. The number of hydrogen-bond acceptors (Lipinski definition) is 6. The highest BCUT2D eigenvalue weighted by molar-refractivity contribution is 4.74. The zero-order chi connectivity index (χ0) is 14.3. The molecule has 3 rings (SSSR count). The van der Waals surface area contributed by atoms with Crippen molar-refractivity contribution in [3.63, 3.8) is 0 Å². The van der Waals surface area contributed by atoms with Crippen LogP contribution in [-0.2, 0) is 16.0 Å². The summed E-state index contributed by atoms with van der Waals surface area (Å²) < 4.78 is 13.0. The van der Waals surface area contributed by atoms with Gasteiger partial charge >= 0.3 is 0 Å². The Morgan fingerprint density at radius 1 is 1.00 bits per heavy atom. The number of hydrogen-bond donors (Lipinski definition) is 0. The van der Waals surface area contributed by atoms with Gasteiger partial charge in [-0.25, -0.2) is 4.98 Å². The van der Waals surface area contributed by atoms with E-state index in [1.54, 1.807) is 12.7 Å². The molecular weight excluding hydrogens is 270 g/mol. The van der Waals surface area contributed by atoms with Crippen LogP contribution in [0.4, 0.5) is 0 Å². The predicted molar refractivity (Wildman–Crippen MR) is 78.1 cm³/mol. The first-order valence-electron chi connectivity index (χ1n) is 7.86. The second-order valence-electron chi connectivity index (χ2n) is 5.70. The van der Waals surface area contributed by atoms with Gasteiger partial charge in [0.1, 0.15) is 12.7 Å². The molecule has 7 heteroatoms. The maximum absolute atomic E-state index is 5.69. The summed E-state index contributed by atoms with van der Waals surface area (Å²) in [6.45, 7) is 9.91. The second-order valence-corrected chi connectivity index (χ2v) is 5.70. The van der Waals surface area contributed by atoms with Crippen molar-refractivity contribution in [2.24, 2.45) is 0 Å². The Morgan fingerprint density at radius 2 is 1.81 bits per heavy atom. The predicted octanol–water partition coefficient (Wildman–Crippen LogP) is -0.299. The molecule has 1 aromatic heterocycles. The zero-order valence-electron chi connectivity index (χ0n) is 12.6. The largest absolute Gasteiger partial charge is 0.376 e. The third kappa shape index (κ3) is 4.74. The standard InChI is InChI=1S/C14H25N5O2/c1(14-11-20-9-10-21-14)2-17-3-5-18(6-4-17)7-8-19-13-15-12-16-19/h12-14H,1-11H2. The van der Waals surface area contributed by atoms with Crippen LogP contribution in [-0.4, -0.2) is 89.8 Å². The van der Waals surface area contributed by atoms with Gasteiger partial charge in [0.15, 0.2) is 0 Å². The first kappa shape index (κ1) is 14.9. The Balaban J connectivity index is 1.29. The van der Waals surface area contributed by atoms with E-state index in [4.69, 9.17) is 9.47 Å². The monoisotopic (exact) mass is 295 g/mol. The molecule has 0 amide bonds. The van der Waals surface area contributed by atoms with Gasteiger partial charge in [-0.05, 0) is 6.42 Å². The molecule has 0 N–H and O–H groups in total. The molecule has 2 aliphatic rings. The highest BCUT2D eigenvalue weighted by Gasteiger charge is 2.19. The fourth-order valence-corrected chi connectivity index (χ4v) is 2.86. The molecule has 21 heavy (non-hydrogen) atoms. The van der Waals surface area contributed by atoms with Crippen LogP contribution in [0.2, 0.25) is 0 Å². The molecule has 118 valence electrons. The summed E-state index contributed by atoms with van der Waals surface area (Å²) in [7, 11) is 0. The van der Waals surface area contributed by atoms with Crippen LogP contribution in [0.5, 0.6) is 0 Å². The Labute approximate surface area is 125 Å². The fourth-order valence-electron chi connectivity index (χ4n) is 2.86. The lowest BCUT2D eigenvalue weighted by molar-refractivity contribution is -0.0932. The molecule has 0 spiro atoms. The van der Waals surface area contributed by atoms with Crippen LogP contribution in [0, 0.1) is 0 Å². The van der Waals surface area contributed by atoms with Crippen LogP contribution in [0.15, 0.2) is 12.7 Å². The summed E-state index contributed by atoms with van der Waals surface area (Å²) in [4.78, 5) is 9.00. The first-order valence-corrected chi connectivity index (χ1v) is 7.86. The van der Waals surface area contributed by atoms with Crippen LogP contribution >= 0.6 is 0 Å². The van der Waals surface area contributed by atoms with E-state index in [9.17, 15) is 0 Å². The van der Waals surface area contributed by atoms with Crippen molar-refractivity contribution in [3.05, 3.63) is 12.7 Å². The Morgan fingerprint density at radius 3 is 2.48 bits per heavy atom. The highest BCUT2D eigenvalue weighted by atomic mass is 16.6. The minimum absolute atomic E-state index is 0.295. The summed E-state index contributed by atoms with van der Waals surface area (Å²) >= 11 is 0. The molecule has 0 saturated carbocycles. The molecule has 7 nitrogen and oxygen atoms in total. The minimum atomic E-state index is 0.295. The summed E-state index contributed by atoms with van der Waals surface area (Å²) in [6, 6.07) is 0. The molecule has 3 heterocycles. The smallest absolute Gasteiger partial charge is 0.137 e. The van der Waals surface area contributed by atoms with E-state index in [2.05, 4.69) is 19.9 Å². The molecule has 1 unspecified atom stereocenters. The minimum Gasteiger partial charge on any atom is -0.376 e. The van der Waals surface area contributed by atoms with Gasteiger partial charge in [0.2, 0.25) is 0 Å². The quantitative estimate of drug-likeness (QED) is 0.718. The van der Waals surface area contributed by atoms with Gasteiger partial charge in [0.25, 0.3) is 0 Å². The maximum Gasteiger partial charge on any atom is 0.137 e. The normalized spacial score (nSPS) is 25.2. The third-order valence-electron chi connectivity index (χ3n) is 4.23. The summed E-state index contributed by atoms with van der Waals surface area (Å²) in [5.74, 6) is 0. The lowest BCUT2D eigenvalue weighted by Crippen LogP contribution is -2.48. The van der Waals surface area contributed by atoms with E-state index in [0.717, 1.165) is 72.1 Å². The number of nitrogens with zero attached hydrogens (tertiary/aromatic N) is 5. The third-order valence-corrected chi connectivity index (χ3v) is 4.23. The zero-order valence-corrected chi connectivity index (χ0v) is 12.6. The molecule has 0 aliphatic carbocycles. The van der Waals surface area contributed by atoms with Gasteiger partial charge in [-0.2, -0.15) is 5.10 Å². The lowest BCUT2D eigenvalue weighted by Gasteiger charge is -2.35. The van der Waals surface area contributed by atoms with Crippen molar-refractivity contribution >= 4 is 0 Å². The van der Waals surface area contributed by atoms with E-state index in [1.165, 1.54) is 0 Å². The van der Waals surface area contributed by atoms with Gasteiger partial charge in [0, 0.05) is 39.3 Å². The van der Waals surface area contributed by atoms with Crippen molar-refractivity contribution in [1.82, 2.24) is 24.6 Å². The second kappa shape index (κ2) is 7.84. The number of ether oxygens (including phenoxy) is 2. The van der Waals surface area contributed by atoms with Crippen LogP contribution in [0.25, 0.3) is 0 Å². The maximum atomic E-state index is 5.69. The Kier molecular flexibility index (Phi) is 5.56. The average molecular weight is 295 g/mol. The highest BCUT2D eigenvalue weighted by Crippen LogP contribution is 2.08. The molecule has 0 aromatic carbocycles. The average Bonchev–Trinajstić information content (AvgIpc) is 3.06. The van der Waals surface area contributed by atoms with Crippen molar-refractivity contribution in [1.29, 1.82) is 0 Å². The summed E-state index contributed by atoms with van der Waals surface area (Å²) in [6.07, 6.45) is 4.75. The molecular formula is C14H25N5O2. The molecule has 1 aromatic rings. The molecule has 1 atom stereocenters. The molecule has 2 saturated heterocycles. The van der Waals surface area contributed by atoms with E-state index in [0.29, 0.717) is 6.10 Å². The summed E-state index contributed by atoms with van der Waals surface area (Å²) in [5.41, 5.74) is 0. The van der Waals surface area contributed by atoms with Crippen molar-refractivity contribution in [2.75, 3.05) is 59.1 Å². The molecule has 0 radical (unpaired) electrons. The van der Waals surface area contributed by atoms with Crippen molar-refractivity contribution < 1.29 is 9.47 Å². The van der Waals surface area contributed by atoms with Crippen molar-refractivity contribution in [3.8, 4) is 0 Å². The van der Waals surface area contributed by atoms with E-state index in [-0.39, 0.29) is 0 Å². The van der Waals surface area contributed by atoms with Crippen LogP contribution in [0.3, 0.4) is 0 Å². The van der Waals surface area contributed by atoms with E-state index in [1.807, 2.05) is 4.68 Å². The van der Waals surface area contributed by atoms with Gasteiger partial charge < -0.3 is 14.4 Å². The Bertz CT molecular complexity index is 386. The van der Waals surface area contributed by atoms with Gasteiger partial charge in [0.05, 0.1) is 32.5 Å². The number of piperazine rings is 1. The topological polar surface area (TPSA) is 55.7 Å². The number of aromatic nitrogens is 3. The lowest BCUT2D eigenvalue weighted by atomic mass is 10.2. The van der Waals surface area contributed by atoms with Gasteiger partial charge in [-0.1, -0.05) is 0 Å².